The zero-order valence-corrected chi connectivity index (χ0v) is 11.4. The molecule has 22 heavy (non-hydrogen) atoms. The van der Waals surface area contributed by atoms with Crippen molar-refractivity contribution in [2.45, 2.75) is 31.8 Å². The Balaban J connectivity index is 1.78. The van der Waals surface area contributed by atoms with Crippen molar-refractivity contribution >= 4 is 11.8 Å². The summed E-state index contributed by atoms with van der Waals surface area (Å²) < 4.78 is 26.6. The number of amides is 2. The SMILES string of the molecule is O=C1C2=C(CCCC2)C(=O)N1C1=CC=C2OOC2C1=C(F)F. The van der Waals surface area contributed by atoms with Gasteiger partial charge in [-0.05, 0) is 37.8 Å². The van der Waals surface area contributed by atoms with Gasteiger partial charge < -0.3 is 4.89 Å². The largest absolute Gasteiger partial charge is 0.338 e. The lowest BCUT2D eigenvalue weighted by atomic mass is 9.93. The smallest absolute Gasteiger partial charge is 0.278 e. The molecule has 2 heterocycles. The van der Waals surface area contributed by atoms with Crippen LogP contribution in [-0.4, -0.2) is 22.8 Å². The Morgan fingerprint density at radius 3 is 2.23 bits per heavy atom. The Hall–Kier alpha value is -2.28. The summed E-state index contributed by atoms with van der Waals surface area (Å²) in [5.41, 5.74) is 0.305. The van der Waals surface area contributed by atoms with Gasteiger partial charge in [-0.2, -0.15) is 13.7 Å². The fourth-order valence-corrected chi connectivity index (χ4v) is 3.19. The van der Waals surface area contributed by atoms with E-state index >= 15 is 0 Å². The van der Waals surface area contributed by atoms with E-state index < -0.39 is 29.6 Å². The van der Waals surface area contributed by atoms with Crippen LogP contribution in [0.25, 0.3) is 0 Å². The molecule has 0 radical (unpaired) electrons. The molecule has 114 valence electrons. The molecule has 2 aliphatic heterocycles. The molecular weight excluding hydrogens is 296 g/mol. The van der Waals surface area contributed by atoms with Crippen molar-refractivity contribution in [1.29, 1.82) is 0 Å². The van der Waals surface area contributed by atoms with E-state index in [1.807, 2.05) is 0 Å². The second-order valence-corrected chi connectivity index (χ2v) is 5.46. The van der Waals surface area contributed by atoms with E-state index in [1.54, 1.807) is 0 Å². The maximum Gasteiger partial charge on any atom is 0.278 e. The summed E-state index contributed by atoms with van der Waals surface area (Å²) in [4.78, 5) is 35.1. The zero-order valence-electron chi connectivity index (χ0n) is 11.4. The van der Waals surface area contributed by atoms with Crippen LogP contribution in [0.4, 0.5) is 8.78 Å². The molecule has 2 amide bonds. The maximum atomic E-state index is 13.3. The number of carbonyl (C=O) groups excluding carboxylic acids is 2. The monoisotopic (exact) mass is 307 g/mol. The van der Waals surface area contributed by atoms with Crippen molar-refractivity contribution in [3.8, 4) is 0 Å². The number of nitrogens with zero attached hydrogens (tertiary/aromatic N) is 1. The van der Waals surface area contributed by atoms with Crippen molar-refractivity contribution in [3.05, 3.63) is 46.4 Å². The van der Waals surface area contributed by atoms with Crippen molar-refractivity contribution < 1.29 is 28.1 Å². The molecule has 0 N–H and O–H groups in total. The van der Waals surface area contributed by atoms with Crippen molar-refractivity contribution in [2.75, 3.05) is 0 Å². The minimum atomic E-state index is -1.99. The number of halogens is 2. The minimum Gasteiger partial charge on any atom is -0.338 e. The van der Waals surface area contributed by atoms with Crippen LogP contribution in [0.5, 0.6) is 0 Å². The van der Waals surface area contributed by atoms with Gasteiger partial charge in [-0.1, -0.05) is 0 Å². The molecule has 4 rings (SSSR count). The predicted molar refractivity (Wildman–Crippen MR) is 68.7 cm³/mol. The molecule has 4 aliphatic rings. The molecule has 0 spiro atoms. The zero-order chi connectivity index (χ0) is 15.4. The molecule has 1 unspecified atom stereocenters. The molecule has 1 atom stereocenters. The predicted octanol–water partition coefficient (Wildman–Crippen LogP) is 2.49. The molecule has 1 saturated heterocycles. The molecule has 0 aromatic heterocycles. The number of hydrogen-bond acceptors (Lipinski definition) is 4. The van der Waals surface area contributed by atoms with Crippen LogP contribution >= 0.6 is 0 Å². The van der Waals surface area contributed by atoms with E-state index in [0.717, 1.165) is 17.7 Å². The number of carbonyl (C=O) groups is 2. The van der Waals surface area contributed by atoms with Gasteiger partial charge in [0.15, 0.2) is 11.9 Å². The lowest BCUT2D eigenvalue weighted by Gasteiger charge is -2.34. The second kappa shape index (κ2) is 4.61. The van der Waals surface area contributed by atoms with Crippen molar-refractivity contribution in [2.24, 2.45) is 0 Å². The summed E-state index contributed by atoms with van der Waals surface area (Å²) in [5.74, 6) is -0.757. The van der Waals surface area contributed by atoms with Crippen LogP contribution in [0.2, 0.25) is 0 Å². The molecule has 0 bridgehead atoms. The highest BCUT2D eigenvalue weighted by atomic mass is 19.3. The molecule has 0 aromatic rings. The summed E-state index contributed by atoms with van der Waals surface area (Å²) in [7, 11) is 0. The number of rotatable bonds is 1. The fourth-order valence-electron chi connectivity index (χ4n) is 3.19. The molecule has 2 aliphatic carbocycles. The summed E-state index contributed by atoms with van der Waals surface area (Å²) in [5, 5.41) is 0. The van der Waals surface area contributed by atoms with E-state index in [2.05, 4.69) is 9.78 Å². The number of fused-ring (bicyclic) bond motifs is 1. The topological polar surface area (TPSA) is 55.8 Å². The highest BCUT2D eigenvalue weighted by Gasteiger charge is 2.47. The van der Waals surface area contributed by atoms with Crippen LogP contribution in [0.1, 0.15) is 25.7 Å². The quantitative estimate of drug-likeness (QED) is 0.552. The standard InChI is InChI=1S/C15H11F2NO4/c16-13(17)11-9(5-6-10-12(11)22-21-10)18-14(19)7-3-1-2-4-8(7)15(18)20/h5-6,12H,1-4H2. The Bertz CT molecular complexity index is 700. The van der Waals surface area contributed by atoms with Crippen LogP contribution in [-0.2, 0) is 19.4 Å². The molecule has 0 saturated carbocycles. The number of allylic oxidation sites excluding steroid dienone is 2. The van der Waals surface area contributed by atoms with Crippen LogP contribution < -0.4 is 0 Å². The van der Waals surface area contributed by atoms with E-state index in [0.29, 0.717) is 24.0 Å². The lowest BCUT2D eigenvalue weighted by Crippen LogP contribution is -2.40. The summed E-state index contributed by atoms with van der Waals surface area (Å²) >= 11 is 0. The summed E-state index contributed by atoms with van der Waals surface area (Å²) in [6, 6.07) is 0. The Labute approximate surface area is 124 Å². The Kier molecular flexibility index (Phi) is 2.80. The fraction of sp³-hybridized carbons (Fsp3) is 0.333. The highest BCUT2D eigenvalue weighted by molar-refractivity contribution is 6.21. The molecule has 7 heteroatoms. The van der Waals surface area contributed by atoms with Crippen LogP contribution in [0, 0.1) is 0 Å². The molecule has 1 fully saturated rings. The van der Waals surface area contributed by atoms with E-state index in [9.17, 15) is 18.4 Å². The average Bonchev–Trinajstić information content (AvgIpc) is 2.72. The van der Waals surface area contributed by atoms with E-state index in [4.69, 9.17) is 0 Å². The first-order valence-electron chi connectivity index (χ1n) is 7.01. The summed E-state index contributed by atoms with van der Waals surface area (Å²) in [6.07, 6.45) is 2.39. The van der Waals surface area contributed by atoms with Gasteiger partial charge in [0, 0.05) is 11.1 Å². The first kappa shape index (κ1) is 13.4. The van der Waals surface area contributed by atoms with Gasteiger partial charge in [0.05, 0.1) is 11.3 Å². The Morgan fingerprint density at radius 1 is 1.09 bits per heavy atom. The lowest BCUT2D eigenvalue weighted by molar-refractivity contribution is -0.366. The van der Waals surface area contributed by atoms with Crippen molar-refractivity contribution in [3.63, 3.8) is 0 Å². The number of imide groups is 1. The van der Waals surface area contributed by atoms with Gasteiger partial charge in [-0.15, -0.1) is 0 Å². The third-order valence-electron chi connectivity index (χ3n) is 4.28. The van der Waals surface area contributed by atoms with E-state index in [-0.39, 0.29) is 11.5 Å². The highest BCUT2D eigenvalue weighted by Crippen LogP contribution is 2.43. The van der Waals surface area contributed by atoms with Gasteiger partial charge in [-0.3, -0.25) is 9.59 Å². The molecular formula is C15H11F2NO4. The number of hydrogen-bond donors (Lipinski definition) is 0. The first-order chi connectivity index (χ1) is 10.6. The van der Waals surface area contributed by atoms with E-state index in [1.165, 1.54) is 12.2 Å². The maximum absolute atomic E-state index is 13.3. The van der Waals surface area contributed by atoms with Gasteiger partial charge in [0.25, 0.3) is 17.9 Å². The van der Waals surface area contributed by atoms with Gasteiger partial charge in [0.2, 0.25) is 0 Å². The Morgan fingerprint density at radius 2 is 1.73 bits per heavy atom. The second-order valence-electron chi connectivity index (χ2n) is 5.46. The summed E-state index contributed by atoms with van der Waals surface area (Å²) in [6.45, 7) is 0. The van der Waals surface area contributed by atoms with Gasteiger partial charge >= 0.3 is 0 Å². The van der Waals surface area contributed by atoms with Gasteiger partial charge in [0.1, 0.15) is 0 Å². The van der Waals surface area contributed by atoms with Crippen LogP contribution in [0.15, 0.2) is 46.4 Å². The first-order valence-corrected chi connectivity index (χ1v) is 7.01. The van der Waals surface area contributed by atoms with Crippen LogP contribution in [0.3, 0.4) is 0 Å². The average molecular weight is 307 g/mol. The third-order valence-corrected chi connectivity index (χ3v) is 4.28. The van der Waals surface area contributed by atoms with Gasteiger partial charge in [-0.25, -0.2) is 4.90 Å². The third kappa shape index (κ3) is 1.65. The normalized spacial score (nSPS) is 26.9. The minimum absolute atomic E-state index is 0.124. The van der Waals surface area contributed by atoms with Crippen molar-refractivity contribution in [1.82, 2.24) is 4.90 Å². The molecule has 0 aromatic carbocycles. The molecule has 5 nitrogen and oxygen atoms in total.